The zero-order valence-corrected chi connectivity index (χ0v) is 10.0. The van der Waals surface area contributed by atoms with Crippen molar-refractivity contribution in [2.24, 2.45) is 0 Å². The lowest BCUT2D eigenvalue weighted by molar-refractivity contribution is 0.196. The van der Waals surface area contributed by atoms with Crippen LogP contribution in [-0.4, -0.2) is 31.5 Å². The number of nitrogens with one attached hydrogen (secondary N) is 1. The van der Waals surface area contributed by atoms with E-state index in [1.54, 1.807) is 12.1 Å². The molecule has 1 aromatic carbocycles. The Bertz CT molecular complexity index is 379. The molecule has 0 saturated carbocycles. The third-order valence-corrected chi connectivity index (χ3v) is 2.13. The summed E-state index contributed by atoms with van der Waals surface area (Å²) in [5.74, 6) is 0.891. The minimum Gasteiger partial charge on any atom is -0.493 e. The van der Waals surface area contributed by atoms with Crippen molar-refractivity contribution < 1.29 is 19.4 Å². The molecule has 0 unspecified atom stereocenters. The number of aryl methyl sites for hydroxylation is 1. The number of hydrogen-bond acceptors (Lipinski definition) is 4. The van der Waals surface area contributed by atoms with Crippen molar-refractivity contribution in [3.8, 4) is 11.5 Å². The van der Waals surface area contributed by atoms with Crippen LogP contribution in [0.2, 0.25) is 0 Å². The summed E-state index contributed by atoms with van der Waals surface area (Å²) in [6.07, 6.45) is -0.0549. The first kappa shape index (κ1) is 13.3. The summed E-state index contributed by atoms with van der Waals surface area (Å²) in [5.41, 5.74) is 1.02. The molecule has 0 aliphatic heterocycles. The van der Waals surface area contributed by atoms with E-state index in [0.29, 0.717) is 24.5 Å². The Morgan fingerprint density at radius 3 is 2.82 bits per heavy atom. The molecular weight excluding hydrogens is 222 g/mol. The van der Waals surface area contributed by atoms with Crippen molar-refractivity contribution in [2.75, 3.05) is 20.3 Å². The van der Waals surface area contributed by atoms with Crippen LogP contribution in [0.1, 0.15) is 12.0 Å². The zero-order chi connectivity index (χ0) is 12.7. The Hall–Kier alpha value is -1.75. The van der Waals surface area contributed by atoms with Crippen molar-refractivity contribution in [2.45, 2.75) is 13.3 Å². The highest BCUT2D eigenvalue weighted by atomic mass is 16.6. The normalized spacial score (nSPS) is 9.82. The minimum atomic E-state index is -0.555. The van der Waals surface area contributed by atoms with Crippen molar-refractivity contribution in [1.29, 1.82) is 0 Å². The van der Waals surface area contributed by atoms with Gasteiger partial charge in [0, 0.05) is 13.2 Å². The molecule has 0 fully saturated rings. The van der Waals surface area contributed by atoms with Gasteiger partial charge in [0.15, 0.2) is 11.5 Å². The second-order valence-electron chi connectivity index (χ2n) is 3.55. The van der Waals surface area contributed by atoms with Crippen LogP contribution in [0.15, 0.2) is 18.2 Å². The van der Waals surface area contributed by atoms with Gasteiger partial charge in [-0.05, 0) is 31.0 Å². The molecule has 94 valence electrons. The first-order valence-corrected chi connectivity index (χ1v) is 5.38. The Morgan fingerprint density at radius 1 is 1.41 bits per heavy atom. The SMILES string of the molecule is COc1cc(C)ccc1OC(=O)NCCCO. The van der Waals surface area contributed by atoms with E-state index in [2.05, 4.69) is 5.32 Å². The summed E-state index contributed by atoms with van der Waals surface area (Å²) in [4.78, 5) is 11.4. The molecule has 0 spiro atoms. The molecule has 0 aromatic heterocycles. The molecule has 0 aliphatic rings. The first-order chi connectivity index (χ1) is 8.17. The van der Waals surface area contributed by atoms with Crippen LogP contribution in [0.5, 0.6) is 11.5 Å². The number of amides is 1. The number of aliphatic hydroxyl groups is 1. The van der Waals surface area contributed by atoms with E-state index < -0.39 is 6.09 Å². The molecule has 0 heterocycles. The second kappa shape index (κ2) is 6.75. The predicted molar refractivity (Wildman–Crippen MR) is 63.5 cm³/mol. The van der Waals surface area contributed by atoms with Crippen molar-refractivity contribution in [3.05, 3.63) is 23.8 Å². The van der Waals surface area contributed by atoms with Gasteiger partial charge in [-0.25, -0.2) is 4.79 Å². The summed E-state index contributed by atoms with van der Waals surface area (Å²) < 4.78 is 10.2. The van der Waals surface area contributed by atoms with Gasteiger partial charge in [-0.2, -0.15) is 0 Å². The van der Waals surface area contributed by atoms with Gasteiger partial charge in [-0.1, -0.05) is 6.07 Å². The van der Waals surface area contributed by atoms with Crippen LogP contribution < -0.4 is 14.8 Å². The number of rotatable bonds is 5. The quantitative estimate of drug-likeness (QED) is 0.764. The summed E-state index contributed by atoms with van der Waals surface area (Å²) in [6, 6.07) is 5.30. The summed E-state index contributed by atoms with van der Waals surface area (Å²) >= 11 is 0. The van der Waals surface area contributed by atoms with Crippen LogP contribution in [0.3, 0.4) is 0 Å². The van der Waals surface area contributed by atoms with E-state index in [4.69, 9.17) is 14.6 Å². The Balaban J connectivity index is 2.58. The van der Waals surface area contributed by atoms with Gasteiger partial charge in [-0.3, -0.25) is 0 Å². The molecule has 5 nitrogen and oxygen atoms in total. The van der Waals surface area contributed by atoms with Crippen molar-refractivity contribution >= 4 is 6.09 Å². The van der Waals surface area contributed by atoms with Gasteiger partial charge in [0.2, 0.25) is 0 Å². The predicted octanol–water partition coefficient (Wildman–Crippen LogP) is 1.47. The maximum Gasteiger partial charge on any atom is 0.412 e. The summed E-state index contributed by atoms with van der Waals surface area (Å²) in [5, 5.41) is 11.1. The molecule has 0 atom stereocenters. The fraction of sp³-hybridized carbons (Fsp3) is 0.417. The molecule has 0 radical (unpaired) electrons. The second-order valence-corrected chi connectivity index (χ2v) is 3.55. The molecule has 5 heteroatoms. The van der Waals surface area contributed by atoms with Gasteiger partial charge in [0.1, 0.15) is 0 Å². The highest BCUT2D eigenvalue weighted by molar-refractivity contribution is 5.71. The molecule has 0 bridgehead atoms. The Morgan fingerprint density at radius 2 is 2.18 bits per heavy atom. The lowest BCUT2D eigenvalue weighted by Gasteiger charge is -2.10. The van der Waals surface area contributed by atoms with E-state index >= 15 is 0 Å². The number of hydrogen-bond donors (Lipinski definition) is 2. The van der Waals surface area contributed by atoms with E-state index in [1.165, 1.54) is 7.11 Å². The topological polar surface area (TPSA) is 67.8 Å². The van der Waals surface area contributed by atoms with E-state index in [-0.39, 0.29) is 6.61 Å². The summed E-state index contributed by atoms with van der Waals surface area (Å²) in [7, 11) is 1.52. The minimum absolute atomic E-state index is 0.0358. The molecule has 0 aliphatic carbocycles. The van der Waals surface area contributed by atoms with Crippen molar-refractivity contribution in [1.82, 2.24) is 5.32 Å². The fourth-order valence-corrected chi connectivity index (χ4v) is 1.26. The number of carbonyl (C=O) groups excluding carboxylic acids is 1. The van der Waals surface area contributed by atoms with Gasteiger partial charge < -0.3 is 19.9 Å². The maximum atomic E-state index is 11.4. The first-order valence-electron chi connectivity index (χ1n) is 5.38. The molecular formula is C12H17NO4. The molecule has 1 aromatic rings. The zero-order valence-electron chi connectivity index (χ0n) is 10.0. The van der Waals surface area contributed by atoms with Gasteiger partial charge in [0.05, 0.1) is 7.11 Å². The lowest BCUT2D eigenvalue weighted by Crippen LogP contribution is -2.28. The van der Waals surface area contributed by atoms with E-state index in [0.717, 1.165) is 5.56 Å². The number of ether oxygens (including phenoxy) is 2. The number of methoxy groups -OCH3 is 1. The smallest absolute Gasteiger partial charge is 0.412 e. The van der Waals surface area contributed by atoms with Crippen LogP contribution in [0.25, 0.3) is 0 Å². The third-order valence-electron chi connectivity index (χ3n) is 2.13. The monoisotopic (exact) mass is 239 g/mol. The Labute approximate surface area is 100 Å². The molecule has 1 amide bonds. The largest absolute Gasteiger partial charge is 0.493 e. The third kappa shape index (κ3) is 4.32. The van der Waals surface area contributed by atoms with Crippen LogP contribution in [0, 0.1) is 6.92 Å². The van der Waals surface area contributed by atoms with Crippen LogP contribution in [-0.2, 0) is 0 Å². The highest BCUT2D eigenvalue weighted by Crippen LogP contribution is 2.27. The highest BCUT2D eigenvalue weighted by Gasteiger charge is 2.09. The summed E-state index contributed by atoms with van der Waals surface area (Å²) in [6.45, 7) is 2.34. The maximum absolute atomic E-state index is 11.4. The number of aliphatic hydroxyl groups excluding tert-OH is 1. The van der Waals surface area contributed by atoms with E-state index in [1.807, 2.05) is 13.0 Å². The van der Waals surface area contributed by atoms with E-state index in [9.17, 15) is 4.79 Å². The fourth-order valence-electron chi connectivity index (χ4n) is 1.26. The Kier molecular flexibility index (Phi) is 5.29. The molecule has 0 saturated heterocycles. The number of benzene rings is 1. The average molecular weight is 239 g/mol. The van der Waals surface area contributed by atoms with Crippen LogP contribution >= 0.6 is 0 Å². The molecule has 2 N–H and O–H groups in total. The van der Waals surface area contributed by atoms with Crippen molar-refractivity contribution in [3.63, 3.8) is 0 Å². The molecule has 17 heavy (non-hydrogen) atoms. The number of carbonyl (C=O) groups is 1. The lowest BCUT2D eigenvalue weighted by atomic mass is 10.2. The van der Waals surface area contributed by atoms with Gasteiger partial charge in [-0.15, -0.1) is 0 Å². The average Bonchev–Trinajstić information content (AvgIpc) is 2.32. The van der Waals surface area contributed by atoms with Gasteiger partial charge in [0.25, 0.3) is 0 Å². The van der Waals surface area contributed by atoms with Gasteiger partial charge >= 0.3 is 6.09 Å². The molecule has 1 rings (SSSR count). The van der Waals surface area contributed by atoms with Crippen LogP contribution in [0.4, 0.5) is 4.79 Å². The standard InChI is InChI=1S/C12H17NO4/c1-9-4-5-10(11(8-9)16-2)17-12(15)13-6-3-7-14/h4-5,8,14H,3,6-7H2,1-2H3,(H,13,15).